The second kappa shape index (κ2) is 9.63. The van der Waals surface area contributed by atoms with Gasteiger partial charge in [-0.3, -0.25) is 0 Å². The van der Waals surface area contributed by atoms with Crippen molar-refractivity contribution < 1.29 is 4.74 Å². The van der Waals surface area contributed by atoms with Gasteiger partial charge in [-0.1, -0.05) is 49.8 Å². The Bertz CT molecular complexity index is 683. The zero-order chi connectivity index (χ0) is 18.2. The van der Waals surface area contributed by atoms with E-state index in [4.69, 9.17) is 4.74 Å². The number of rotatable bonds is 7. The fourth-order valence-corrected chi connectivity index (χ4v) is 3.82. The quantitative estimate of drug-likeness (QED) is 0.612. The minimum Gasteiger partial charge on any atom is -0.381 e. The minimum atomic E-state index is 0.684. The highest BCUT2D eigenvalue weighted by atomic mass is 16.5. The summed E-state index contributed by atoms with van der Waals surface area (Å²) < 4.78 is 5.09. The summed E-state index contributed by atoms with van der Waals surface area (Å²) in [6.45, 7) is 2.90. The van der Waals surface area contributed by atoms with E-state index in [2.05, 4.69) is 53.3 Å². The summed E-state index contributed by atoms with van der Waals surface area (Å²) in [5, 5.41) is 0. The maximum absolute atomic E-state index is 5.09. The molecule has 3 heteroatoms. The molecule has 26 heavy (non-hydrogen) atoms. The average molecular weight is 351 g/mol. The van der Waals surface area contributed by atoms with Crippen LogP contribution < -0.4 is 0 Å². The third-order valence-electron chi connectivity index (χ3n) is 5.33. The summed E-state index contributed by atoms with van der Waals surface area (Å²) in [5.41, 5.74) is 3.77. The summed E-state index contributed by atoms with van der Waals surface area (Å²) in [4.78, 5) is 9.05. The van der Waals surface area contributed by atoms with Crippen molar-refractivity contribution in [1.29, 1.82) is 0 Å². The number of nitrogens with zero attached hydrogens (tertiary/aromatic N) is 2. The van der Waals surface area contributed by atoms with Crippen molar-refractivity contribution in [3.63, 3.8) is 0 Å². The zero-order valence-electron chi connectivity index (χ0n) is 16.0. The highest BCUT2D eigenvalue weighted by molar-refractivity contribution is 5.55. The van der Waals surface area contributed by atoms with E-state index in [1.807, 2.05) is 12.4 Å². The smallest absolute Gasteiger partial charge is 0.159 e. The summed E-state index contributed by atoms with van der Waals surface area (Å²) >= 11 is 0. The van der Waals surface area contributed by atoms with Crippen LogP contribution in [0.4, 0.5) is 0 Å². The molecular formula is C23H30N2O. The van der Waals surface area contributed by atoms with Crippen molar-refractivity contribution in [3.8, 4) is 11.4 Å². The van der Waals surface area contributed by atoms with E-state index >= 15 is 0 Å². The maximum atomic E-state index is 5.09. The highest BCUT2D eigenvalue weighted by Gasteiger charge is 2.20. The lowest BCUT2D eigenvalue weighted by Gasteiger charge is -2.27. The molecule has 0 radical (unpaired) electrons. The van der Waals surface area contributed by atoms with Gasteiger partial charge in [-0.25, -0.2) is 9.97 Å². The predicted octanol–water partition coefficient (Wildman–Crippen LogP) is 5.57. The Morgan fingerprint density at radius 1 is 1.04 bits per heavy atom. The van der Waals surface area contributed by atoms with Gasteiger partial charge in [0.1, 0.15) is 0 Å². The number of hydrogen-bond acceptors (Lipinski definition) is 3. The van der Waals surface area contributed by atoms with Crippen molar-refractivity contribution in [2.75, 3.05) is 13.7 Å². The minimum absolute atomic E-state index is 0.684. The number of methoxy groups -OCH3 is 1. The zero-order valence-corrected chi connectivity index (χ0v) is 16.0. The number of aryl methyl sites for hydroxylation is 1. The van der Waals surface area contributed by atoms with Gasteiger partial charge < -0.3 is 4.74 Å². The number of aromatic nitrogens is 2. The van der Waals surface area contributed by atoms with E-state index in [1.54, 1.807) is 7.11 Å². The monoisotopic (exact) mass is 350 g/mol. The fraction of sp³-hybridized carbons (Fsp3) is 0.478. The summed E-state index contributed by atoms with van der Waals surface area (Å²) in [6.07, 6.45) is 15.7. The molecule has 1 aromatic heterocycles. The molecule has 1 saturated carbocycles. The van der Waals surface area contributed by atoms with Crippen molar-refractivity contribution in [2.45, 2.75) is 51.4 Å². The molecule has 3 rings (SSSR count). The van der Waals surface area contributed by atoms with Crippen LogP contribution in [0.2, 0.25) is 0 Å². The second-order valence-electron chi connectivity index (χ2n) is 7.28. The first-order valence-electron chi connectivity index (χ1n) is 9.87. The molecule has 138 valence electrons. The van der Waals surface area contributed by atoms with E-state index in [0.717, 1.165) is 36.8 Å². The van der Waals surface area contributed by atoms with Crippen LogP contribution in [0.25, 0.3) is 11.4 Å². The van der Waals surface area contributed by atoms with Gasteiger partial charge in [0.15, 0.2) is 5.82 Å². The molecule has 1 fully saturated rings. The van der Waals surface area contributed by atoms with E-state index in [9.17, 15) is 0 Å². The molecule has 2 aromatic rings. The Labute approximate surface area is 157 Å². The topological polar surface area (TPSA) is 35.0 Å². The van der Waals surface area contributed by atoms with Gasteiger partial charge in [0.25, 0.3) is 0 Å². The van der Waals surface area contributed by atoms with Gasteiger partial charge in [0.2, 0.25) is 0 Å². The lowest BCUT2D eigenvalue weighted by molar-refractivity contribution is 0.233. The normalized spacial score (nSPS) is 20.5. The molecule has 1 aromatic carbocycles. The summed E-state index contributed by atoms with van der Waals surface area (Å²) in [7, 11) is 1.75. The van der Waals surface area contributed by atoms with Gasteiger partial charge >= 0.3 is 0 Å². The highest BCUT2D eigenvalue weighted by Crippen LogP contribution is 2.36. The third kappa shape index (κ3) is 5.01. The van der Waals surface area contributed by atoms with Crippen LogP contribution in [0.5, 0.6) is 0 Å². The van der Waals surface area contributed by atoms with Crippen LogP contribution >= 0.6 is 0 Å². The van der Waals surface area contributed by atoms with Gasteiger partial charge in [-0.15, -0.1) is 0 Å². The van der Waals surface area contributed by atoms with E-state index in [0.29, 0.717) is 5.92 Å². The maximum Gasteiger partial charge on any atom is 0.159 e. The fourth-order valence-electron chi connectivity index (χ4n) is 3.82. The van der Waals surface area contributed by atoms with Crippen LogP contribution in [0.3, 0.4) is 0 Å². The average Bonchev–Trinajstić information content (AvgIpc) is 2.70. The van der Waals surface area contributed by atoms with E-state index < -0.39 is 0 Å². The van der Waals surface area contributed by atoms with E-state index in [-0.39, 0.29) is 0 Å². The first kappa shape index (κ1) is 18.8. The Hall–Kier alpha value is -2.00. The Balaban J connectivity index is 1.58. The molecule has 0 spiro atoms. The molecule has 1 aliphatic rings. The van der Waals surface area contributed by atoms with Gasteiger partial charge in [-0.2, -0.15) is 0 Å². The molecule has 0 saturated heterocycles. The molecule has 0 amide bonds. The van der Waals surface area contributed by atoms with Crippen molar-refractivity contribution in [1.82, 2.24) is 9.97 Å². The van der Waals surface area contributed by atoms with Crippen LogP contribution in [0, 0.1) is 5.92 Å². The molecule has 0 N–H and O–H groups in total. The van der Waals surface area contributed by atoms with Crippen LogP contribution in [-0.2, 0) is 11.2 Å². The Morgan fingerprint density at radius 3 is 2.35 bits per heavy atom. The van der Waals surface area contributed by atoms with Gasteiger partial charge in [-0.05, 0) is 55.1 Å². The Morgan fingerprint density at radius 2 is 1.73 bits per heavy atom. The largest absolute Gasteiger partial charge is 0.381 e. The van der Waals surface area contributed by atoms with Crippen molar-refractivity contribution in [2.24, 2.45) is 5.92 Å². The summed E-state index contributed by atoms with van der Waals surface area (Å²) in [6, 6.07) is 8.89. The standard InChI is InChI=1S/C23H30N2O/c1-3-5-19-16-24-23(25-17-19)22-13-11-21(12-14-22)20-9-7-18(8-10-20)6-4-15-26-2/h4,6,11-14,16-18,20H,3,5,7-10,15H2,1-2H3. The SMILES string of the molecule is CCCc1cnc(-c2ccc(C3CCC(C=CCOC)CC3)cc2)nc1. The van der Waals surface area contributed by atoms with E-state index in [1.165, 1.54) is 36.8 Å². The molecule has 0 atom stereocenters. The predicted molar refractivity (Wildman–Crippen MR) is 107 cm³/mol. The first-order chi connectivity index (χ1) is 12.8. The molecule has 0 unspecified atom stereocenters. The lowest BCUT2D eigenvalue weighted by Crippen LogP contribution is -2.11. The van der Waals surface area contributed by atoms with Gasteiger partial charge in [0.05, 0.1) is 6.61 Å². The lowest BCUT2D eigenvalue weighted by atomic mass is 9.78. The number of hydrogen-bond donors (Lipinski definition) is 0. The number of benzene rings is 1. The van der Waals surface area contributed by atoms with Crippen LogP contribution in [0.1, 0.15) is 56.1 Å². The second-order valence-corrected chi connectivity index (χ2v) is 7.28. The molecule has 0 aliphatic heterocycles. The molecule has 0 bridgehead atoms. The molecule has 3 nitrogen and oxygen atoms in total. The molecule has 1 heterocycles. The molecular weight excluding hydrogens is 320 g/mol. The first-order valence-corrected chi connectivity index (χ1v) is 9.87. The van der Waals surface area contributed by atoms with Gasteiger partial charge in [0, 0.05) is 25.1 Å². The number of allylic oxidation sites excluding steroid dienone is 1. The Kier molecular flexibility index (Phi) is 6.96. The molecule has 1 aliphatic carbocycles. The van der Waals surface area contributed by atoms with Crippen LogP contribution in [0.15, 0.2) is 48.8 Å². The van der Waals surface area contributed by atoms with Crippen LogP contribution in [-0.4, -0.2) is 23.7 Å². The summed E-state index contributed by atoms with van der Waals surface area (Å²) in [5.74, 6) is 2.23. The van der Waals surface area contributed by atoms with Crippen molar-refractivity contribution >= 4 is 0 Å². The number of ether oxygens (including phenoxy) is 1. The third-order valence-corrected chi connectivity index (χ3v) is 5.33. The van der Waals surface area contributed by atoms with Crippen molar-refractivity contribution in [3.05, 3.63) is 59.9 Å².